The molecule has 4 heteroatoms. The molecule has 0 radical (unpaired) electrons. The van der Waals surface area contributed by atoms with E-state index in [2.05, 4.69) is 0 Å². The molecule has 0 bridgehead atoms. The van der Waals surface area contributed by atoms with Crippen molar-refractivity contribution in [1.82, 2.24) is 0 Å². The highest BCUT2D eigenvalue weighted by Gasteiger charge is 2.09. The normalized spacial score (nSPS) is 10.0. The minimum Gasteiger partial charge on any atom is -0.507 e. The number of rotatable bonds is 6. The highest BCUT2D eigenvalue weighted by atomic mass is 16.4. The third-order valence-corrected chi connectivity index (χ3v) is 2.25. The Kier molecular flexibility index (Phi) is 4.51. The van der Waals surface area contributed by atoms with Gasteiger partial charge in [-0.05, 0) is 25.0 Å². The number of carboxylic acid groups (broad SMARTS) is 1. The molecule has 0 saturated heterocycles. The van der Waals surface area contributed by atoms with Gasteiger partial charge in [-0.15, -0.1) is 0 Å². The van der Waals surface area contributed by atoms with Crippen molar-refractivity contribution in [3.05, 3.63) is 29.8 Å². The second-order valence-electron chi connectivity index (χ2n) is 3.54. The number of aromatic hydroxyl groups is 1. The van der Waals surface area contributed by atoms with Gasteiger partial charge in [-0.3, -0.25) is 9.59 Å². The third kappa shape index (κ3) is 3.73. The number of ketones is 1. The Balaban J connectivity index is 2.41. The first kappa shape index (κ1) is 12.2. The summed E-state index contributed by atoms with van der Waals surface area (Å²) in [5.41, 5.74) is 0.304. The van der Waals surface area contributed by atoms with Crippen molar-refractivity contribution >= 4 is 11.8 Å². The molecule has 0 heterocycles. The van der Waals surface area contributed by atoms with Gasteiger partial charge in [-0.25, -0.2) is 0 Å². The molecule has 0 amide bonds. The smallest absolute Gasteiger partial charge is 0.303 e. The van der Waals surface area contributed by atoms with Gasteiger partial charge in [0, 0.05) is 12.8 Å². The van der Waals surface area contributed by atoms with Gasteiger partial charge >= 0.3 is 5.97 Å². The molecule has 0 aliphatic rings. The summed E-state index contributed by atoms with van der Waals surface area (Å²) >= 11 is 0. The second-order valence-corrected chi connectivity index (χ2v) is 3.54. The van der Waals surface area contributed by atoms with E-state index in [1.807, 2.05) is 0 Å². The Labute approximate surface area is 93.5 Å². The van der Waals surface area contributed by atoms with Crippen LogP contribution in [-0.4, -0.2) is 22.0 Å². The maximum Gasteiger partial charge on any atom is 0.303 e. The van der Waals surface area contributed by atoms with Crippen LogP contribution < -0.4 is 0 Å². The number of unbranched alkanes of at least 4 members (excludes halogenated alkanes) is 1. The number of hydrogen-bond donors (Lipinski definition) is 2. The molecule has 4 nitrogen and oxygen atoms in total. The lowest BCUT2D eigenvalue weighted by atomic mass is 10.0. The van der Waals surface area contributed by atoms with E-state index in [0.29, 0.717) is 18.4 Å². The van der Waals surface area contributed by atoms with Crippen molar-refractivity contribution in [3.63, 3.8) is 0 Å². The van der Waals surface area contributed by atoms with Gasteiger partial charge < -0.3 is 10.2 Å². The maximum atomic E-state index is 11.6. The Morgan fingerprint density at radius 3 is 2.31 bits per heavy atom. The van der Waals surface area contributed by atoms with Gasteiger partial charge in [0.25, 0.3) is 0 Å². The zero-order valence-corrected chi connectivity index (χ0v) is 8.85. The number of phenols is 1. The van der Waals surface area contributed by atoms with Crippen LogP contribution in [0, 0.1) is 0 Å². The summed E-state index contributed by atoms with van der Waals surface area (Å²) in [6, 6.07) is 6.36. The van der Waals surface area contributed by atoms with E-state index in [1.54, 1.807) is 18.2 Å². The fraction of sp³-hybridized carbons (Fsp3) is 0.333. The van der Waals surface area contributed by atoms with Crippen LogP contribution >= 0.6 is 0 Å². The number of hydrogen-bond acceptors (Lipinski definition) is 3. The van der Waals surface area contributed by atoms with Crippen LogP contribution in [-0.2, 0) is 4.79 Å². The number of carboxylic acids is 1. The molecule has 0 spiro atoms. The number of phenolic OH excluding ortho intramolecular Hbond substituents is 1. The van der Waals surface area contributed by atoms with Crippen LogP contribution in [0.5, 0.6) is 5.75 Å². The molecular formula is C12H14O4. The highest BCUT2D eigenvalue weighted by Crippen LogP contribution is 2.18. The van der Waals surface area contributed by atoms with E-state index in [1.165, 1.54) is 6.07 Å². The topological polar surface area (TPSA) is 74.6 Å². The van der Waals surface area contributed by atoms with Gasteiger partial charge in [0.15, 0.2) is 5.78 Å². The van der Waals surface area contributed by atoms with Crippen molar-refractivity contribution in [2.75, 3.05) is 0 Å². The second kappa shape index (κ2) is 5.90. The number of para-hydroxylation sites is 1. The molecular weight excluding hydrogens is 208 g/mol. The molecule has 86 valence electrons. The molecule has 16 heavy (non-hydrogen) atoms. The molecule has 0 unspecified atom stereocenters. The summed E-state index contributed by atoms with van der Waals surface area (Å²) in [6.45, 7) is 0. The molecule has 2 N–H and O–H groups in total. The highest BCUT2D eigenvalue weighted by molar-refractivity contribution is 5.98. The average Bonchev–Trinajstić information content (AvgIpc) is 2.24. The first-order valence-corrected chi connectivity index (χ1v) is 5.14. The van der Waals surface area contributed by atoms with Gasteiger partial charge in [-0.1, -0.05) is 12.1 Å². The predicted octanol–water partition coefficient (Wildman–Crippen LogP) is 2.22. The zero-order chi connectivity index (χ0) is 12.0. The summed E-state index contributed by atoms with van der Waals surface area (Å²) in [7, 11) is 0. The number of carbonyl (C=O) groups is 2. The van der Waals surface area contributed by atoms with Crippen molar-refractivity contribution in [2.45, 2.75) is 25.7 Å². The summed E-state index contributed by atoms with van der Waals surface area (Å²) in [5.74, 6) is -1.02. The lowest BCUT2D eigenvalue weighted by Crippen LogP contribution is -2.00. The van der Waals surface area contributed by atoms with E-state index < -0.39 is 5.97 Å². The molecule has 1 aromatic carbocycles. The van der Waals surface area contributed by atoms with E-state index in [0.717, 1.165) is 0 Å². The summed E-state index contributed by atoms with van der Waals surface area (Å²) in [5, 5.41) is 17.8. The number of carbonyl (C=O) groups excluding carboxylic acids is 1. The Hall–Kier alpha value is -1.84. The first-order chi connectivity index (χ1) is 7.61. The summed E-state index contributed by atoms with van der Waals surface area (Å²) in [4.78, 5) is 21.8. The minimum atomic E-state index is -0.852. The van der Waals surface area contributed by atoms with Crippen LogP contribution in [0.25, 0.3) is 0 Å². The van der Waals surface area contributed by atoms with Crippen LogP contribution in [0.2, 0.25) is 0 Å². The van der Waals surface area contributed by atoms with Crippen molar-refractivity contribution in [1.29, 1.82) is 0 Å². The molecule has 0 saturated carbocycles. The SMILES string of the molecule is O=C(O)CCCCC(=O)c1ccccc1O. The molecule has 0 atom stereocenters. The lowest BCUT2D eigenvalue weighted by molar-refractivity contribution is -0.137. The van der Waals surface area contributed by atoms with E-state index >= 15 is 0 Å². The van der Waals surface area contributed by atoms with E-state index in [-0.39, 0.29) is 24.4 Å². The van der Waals surface area contributed by atoms with E-state index in [4.69, 9.17) is 5.11 Å². The molecule has 0 aliphatic heterocycles. The van der Waals surface area contributed by atoms with Gasteiger partial charge in [-0.2, -0.15) is 0 Å². The largest absolute Gasteiger partial charge is 0.507 e. The Morgan fingerprint density at radius 1 is 1.06 bits per heavy atom. The average molecular weight is 222 g/mol. The van der Waals surface area contributed by atoms with Crippen LogP contribution in [0.4, 0.5) is 0 Å². The molecule has 1 rings (SSSR count). The third-order valence-electron chi connectivity index (χ3n) is 2.25. The fourth-order valence-electron chi connectivity index (χ4n) is 1.41. The minimum absolute atomic E-state index is 0.0225. The van der Waals surface area contributed by atoms with Gasteiger partial charge in [0.1, 0.15) is 5.75 Å². The number of aliphatic carboxylic acids is 1. The lowest BCUT2D eigenvalue weighted by Gasteiger charge is -2.02. The van der Waals surface area contributed by atoms with Crippen LogP contribution in [0.15, 0.2) is 24.3 Å². The van der Waals surface area contributed by atoms with E-state index in [9.17, 15) is 14.7 Å². The van der Waals surface area contributed by atoms with Crippen LogP contribution in [0.1, 0.15) is 36.0 Å². The monoisotopic (exact) mass is 222 g/mol. The van der Waals surface area contributed by atoms with Gasteiger partial charge in [0.2, 0.25) is 0 Å². The van der Waals surface area contributed by atoms with Crippen molar-refractivity contribution < 1.29 is 19.8 Å². The number of Topliss-reactive ketones (excluding diaryl/α,β-unsaturated/α-hetero) is 1. The predicted molar refractivity (Wildman–Crippen MR) is 58.5 cm³/mol. The Bertz CT molecular complexity index is 384. The molecule has 0 aromatic heterocycles. The van der Waals surface area contributed by atoms with Crippen LogP contribution in [0.3, 0.4) is 0 Å². The summed E-state index contributed by atoms with van der Waals surface area (Å²) in [6.07, 6.45) is 1.35. The maximum absolute atomic E-state index is 11.6. The van der Waals surface area contributed by atoms with Gasteiger partial charge in [0.05, 0.1) is 5.56 Å². The molecule has 0 aliphatic carbocycles. The zero-order valence-electron chi connectivity index (χ0n) is 8.85. The molecule has 0 fully saturated rings. The standard InChI is InChI=1S/C12H14O4/c13-10-6-2-1-5-9(10)11(14)7-3-4-8-12(15)16/h1-2,5-6,13H,3-4,7-8H2,(H,15,16). The fourth-order valence-corrected chi connectivity index (χ4v) is 1.41. The van der Waals surface area contributed by atoms with Crippen molar-refractivity contribution in [2.24, 2.45) is 0 Å². The first-order valence-electron chi connectivity index (χ1n) is 5.14. The summed E-state index contributed by atoms with van der Waals surface area (Å²) < 4.78 is 0. The quantitative estimate of drug-likeness (QED) is 0.571. The number of benzene rings is 1. The molecule has 1 aromatic rings. The van der Waals surface area contributed by atoms with Crippen molar-refractivity contribution in [3.8, 4) is 5.75 Å². The Morgan fingerprint density at radius 2 is 1.69 bits per heavy atom.